The molecule has 0 atom stereocenters. The number of nitrogens with zero attached hydrogens (tertiary/aromatic N) is 2. The number of aromatic nitrogens is 1. The minimum absolute atomic E-state index is 0. The van der Waals surface area contributed by atoms with E-state index in [0.29, 0.717) is 0 Å². The van der Waals surface area contributed by atoms with E-state index in [-0.39, 0.29) is 12.4 Å². The fourth-order valence-electron chi connectivity index (χ4n) is 1.59. The molecule has 4 heteroatoms. The van der Waals surface area contributed by atoms with Crippen molar-refractivity contribution < 1.29 is 0 Å². The van der Waals surface area contributed by atoms with Crippen molar-refractivity contribution in [2.45, 2.75) is 6.54 Å². The Bertz CT molecular complexity index is 247. The highest BCUT2D eigenvalue weighted by Crippen LogP contribution is 2.01. The quantitative estimate of drug-likeness (QED) is 0.792. The molecule has 1 N–H and O–H groups in total. The van der Waals surface area contributed by atoms with Gasteiger partial charge in [-0.05, 0) is 12.1 Å². The third kappa shape index (κ3) is 3.25. The molecule has 1 aliphatic heterocycles. The number of hydrogen-bond donors (Lipinski definition) is 1. The van der Waals surface area contributed by atoms with Gasteiger partial charge in [-0.25, -0.2) is 0 Å². The molecule has 0 aromatic carbocycles. The second kappa shape index (κ2) is 5.96. The van der Waals surface area contributed by atoms with Crippen LogP contribution in [0.3, 0.4) is 0 Å². The molecule has 2 heterocycles. The van der Waals surface area contributed by atoms with Crippen LogP contribution >= 0.6 is 12.4 Å². The van der Waals surface area contributed by atoms with Crippen molar-refractivity contribution in [2.24, 2.45) is 0 Å². The van der Waals surface area contributed by atoms with Crippen LogP contribution in [-0.4, -0.2) is 36.1 Å². The average molecular weight is 214 g/mol. The molecule has 0 bridgehead atoms. The van der Waals surface area contributed by atoms with E-state index >= 15 is 0 Å². The number of pyridine rings is 1. The van der Waals surface area contributed by atoms with Gasteiger partial charge in [-0.1, -0.05) is 6.07 Å². The molecular formula is C10H16ClN3. The third-order valence-corrected chi connectivity index (χ3v) is 2.32. The molecule has 2 rings (SSSR count). The molecule has 3 nitrogen and oxygen atoms in total. The highest BCUT2D eigenvalue weighted by Gasteiger charge is 2.09. The highest BCUT2D eigenvalue weighted by molar-refractivity contribution is 5.85. The van der Waals surface area contributed by atoms with E-state index in [9.17, 15) is 0 Å². The van der Waals surface area contributed by atoms with Gasteiger partial charge in [-0.2, -0.15) is 0 Å². The lowest BCUT2D eigenvalue weighted by atomic mass is 10.3. The lowest BCUT2D eigenvalue weighted by Crippen LogP contribution is -2.43. The number of piperazine rings is 1. The molecule has 0 amide bonds. The summed E-state index contributed by atoms with van der Waals surface area (Å²) in [5.41, 5.74) is 1.17. The summed E-state index contributed by atoms with van der Waals surface area (Å²) in [7, 11) is 0. The molecule has 78 valence electrons. The van der Waals surface area contributed by atoms with Gasteiger partial charge in [0.25, 0.3) is 0 Å². The van der Waals surface area contributed by atoms with Gasteiger partial charge in [-0.15, -0.1) is 12.4 Å². The zero-order valence-corrected chi connectivity index (χ0v) is 8.96. The van der Waals surface area contributed by atoms with Gasteiger partial charge in [-0.3, -0.25) is 9.88 Å². The third-order valence-electron chi connectivity index (χ3n) is 2.32. The monoisotopic (exact) mass is 213 g/mol. The Balaban J connectivity index is 0.000000980. The van der Waals surface area contributed by atoms with Crippen LogP contribution < -0.4 is 5.32 Å². The molecular weight excluding hydrogens is 198 g/mol. The number of halogens is 1. The maximum atomic E-state index is 4.31. The predicted molar refractivity (Wildman–Crippen MR) is 59.6 cm³/mol. The Kier molecular flexibility index (Phi) is 4.87. The smallest absolute Gasteiger partial charge is 0.0543 e. The lowest BCUT2D eigenvalue weighted by molar-refractivity contribution is 0.231. The molecule has 1 aliphatic rings. The first-order chi connectivity index (χ1) is 6.45. The van der Waals surface area contributed by atoms with Gasteiger partial charge in [0.2, 0.25) is 0 Å². The van der Waals surface area contributed by atoms with E-state index in [1.807, 2.05) is 18.3 Å². The van der Waals surface area contributed by atoms with Crippen LogP contribution in [0.25, 0.3) is 0 Å². The van der Waals surface area contributed by atoms with Crippen LogP contribution in [0.15, 0.2) is 24.4 Å². The molecule has 14 heavy (non-hydrogen) atoms. The maximum Gasteiger partial charge on any atom is 0.0543 e. The summed E-state index contributed by atoms with van der Waals surface area (Å²) >= 11 is 0. The summed E-state index contributed by atoms with van der Waals surface area (Å²) < 4.78 is 0. The van der Waals surface area contributed by atoms with Crippen molar-refractivity contribution >= 4 is 12.4 Å². The Labute approximate surface area is 90.9 Å². The molecule has 1 aromatic rings. The summed E-state index contributed by atoms with van der Waals surface area (Å²) in [4.78, 5) is 6.74. The first-order valence-electron chi connectivity index (χ1n) is 4.78. The number of hydrogen-bond acceptors (Lipinski definition) is 3. The van der Waals surface area contributed by atoms with Crippen LogP contribution in [0.1, 0.15) is 5.69 Å². The van der Waals surface area contributed by atoms with Gasteiger partial charge in [0, 0.05) is 38.9 Å². The fourth-order valence-corrected chi connectivity index (χ4v) is 1.59. The first kappa shape index (κ1) is 11.4. The van der Waals surface area contributed by atoms with Gasteiger partial charge < -0.3 is 5.32 Å². The van der Waals surface area contributed by atoms with Gasteiger partial charge in [0.1, 0.15) is 0 Å². The topological polar surface area (TPSA) is 28.2 Å². The van der Waals surface area contributed by atoms with Crippen LogP contribution in [0, 0.1) is 0 Å². The largest absolute Gasteiger partial charge is 0.314 e. The van der Waals surface area contributed by atoms with Gasteiger partial charge >= 0.3 is 0 Å². The lowest BCUT2D eigenvalue weighted by Gasteiger charge is -2.26. The summed E-state index contributed by atoms with van der Waals surface area (Å²) in [6, 6.07) is 6.09. The molecule has 0 spiro atoms. The van der Waals surface area contributed by atoms with Crippen LogP contribution in [0.4, 0.5) is 0 Å². The summed E-state index contributed by atoms with van der Waals surface area (Å²) in [6.45, 7) is 5.47. The molecule has 0 radical (unpaired) electrons. The first-order valence-corrected chi connectivity index (χ1v) is 4.78. The van der Waals surface area contributed by atoms with E-state index in [0.717, 1.165) is 32.7 Å². The van der Waals surface area contributed by atoms with E-state index in [1.54, 1.807) is 0 Å². The van der Waals surface area contributed by atoms with E-state index in [4.69, 9.17) is 0 Å². The zero-order valence-electron chi connectivity index (χ0n) is 8.15. The van der Waals surface area contributed by atoms with Crippen LogP contribution in [-0.2, 0) is 6.54 Å². The average Bonchev–Trinajstić information content (AvgIpc) is 2.21. The van der Waals surface area contributed by atoms with E-state index in [2.05, 4.69) is 21.3 Å². The van der Waals surface area contributed by atoms with Crippen molar-refractivity contribution in [3.63, 3.8) is 0 Å². The number of rotatable bonds is 2. The van der Waals surface area contributed by atoms with Crippen molar-refractivity contribution in [3.05, 3.63) is 30.1 Å². The second-order valence-corrected chi connectivity index (χ2v) is 3.35. The Morgan fingerprint density at radius 3 is 2.71 bits per heavy atom. The second-order valence-electron chi connectivity index (χ2n) is 3.35. The Morgan fingerprint density at radius 2 is 2.07 bits per heavy atom. The molecule has 1 saturated heterocycles. The zero-order chi connectivity index (χ0) is 8.93. The molecule has 0 unspecified atom stereocenters. The van der Waals surface area contributed by atoms with Crippen molar-refractivity contribution in [1.29, 1.82) is 0 Å². The maximum absolute atomic E-state index is 4.31. The Morgan fingerprint density at radius 1 is 1.29 bits per heavy atom. The van der Waals surface area contributed by atoms with Crippen LogP contribution in [0.2, 0.25) is 0 Å². The van der Waals surface area contributed by atoms with Crippen LogP contribution in [0.5, 0.6) is 0 Å². The molecule has 1 fully saturated rings. The molecule has 0 aliphatic carbocycles. The van der Waals surface area contributed by atoms with Crippen molar-refractivity contribution in [2.75, 3.05) is 26.2 Å². The Hall–Kier alpha value is -0.640. The fraction of sp³-hybridized carbons (Fsp3) is 0.500. The van der Waals surface area contributed by atoms with Gasteiger partial charge in [0.05, 0.1) is 5.69 Å². The summed E-state index contributed by atoms with van der Waals surface area (Å²) in [6.07, 6.45) is 1.86. The summed E-state index contributed by atoms with van der Waals surface area (Å²) in [5, 5.41) is 3.34. The molecule has 1 aromatic heterocycles. The SMILES string of the molecule is Cl.c1ccc(CN2CCNCC2)nc1. The van der Waals surface area contributed by atoms with Crippen molar-refractivity contribution in [1.82, 2.24) is 15.2 Å². The van der Waals surface area contributed by atoms with E-state index < -0.39 is 0 Å². The van der Waals surface area contributed by atoms with Gasteiger partial charge in [0.15, 0.2) is 0 Å². The minimum Gasteiger partial charge on any atom is -0.314 e. The highest BCUT2D eigenvalue weighted by atomic mass is 35.5. The normalized spacial score (nSPS) is 17.4. The standard InChI is InChI=1S/C10H15N3.ClH/c1-2-4-12-10(3-1)9-13-7-5-11-6-8-13;/h1-4,11H,5-9H2;1H. The van der Waals surface area contributed by atoms with Crippen molar-refractivity contribution in [3.8, 4) is 0 Å². The predicted octanol–water partition coefficient (Wildman–Crippen LogP) is 0.909. The van der Waals surface area contributed by atoms with E-state index in [1.165, 1.54) is 5.69 Å². The summed E-state index contributed by atoms with van der Waals surface area (Å²) in [5.74, 6) is 0. The minimum atomic E-state index is 0. The number of nitrogens with one attached hydrogen (secondary N) is 1. The molecule has 0 saturated carbocycles.